The molecule has 0 fully saturated rings. The first-order valence-electron chi connectivity index (χ1n) is 15.5. The summed E-state index contributed by atoms with van der Waals surface area (Å²) in [4.78, 5) is 9.83. The van der Waals surface area contributed by atoms with Crippen LogP contribution in [0, 0.1) is 27.7 Å². The Bertz CT molecular complexity index is 2230. The number of benzene rings is 5. The van der Waals surface area contributed by atoms with Crippen molar-refractivity contribution in [3.63, 3.8) is 0 Å². The van der Waals surface area contributed by atoms with Crippen molar-refractivity contribution in [3.05, 3.63) is 125 Å². The van der Waals surface area contributed by atoms with Crippen molar-refractivity contribution in [1.29, 1.82) is 0 Å². The number of pyridine rings is 1. The highest BCUT2D eigenvalue weighted by Gasteiger charge is 2.19. The average molecular weight is 589 g/mol. The number of aryl methyl sites for hydroxylation is 4. The van der Waals surface area contributed by atoms with Crippen LogP contribution in [0.1, 0.15) is 47.6 Å². The van der Waals surface area contributed by atoms with Gasteiger partial charge >= 0.3 is 0 Å². The second-order valence-electron chi connectivity index (χ2n) is 12.5. The molecule has 0 atom stereocenters. The molecule has 0 unspecified atom stereocenters. The molecule has 0 aliphatic heterocycles. The molecule has 5 aromatic carbocycles. The highest BCUT2D eigenvalue weighted by atomic mass is 16.3. The topological polar surface area (TPSA) is 59.2 Å². The maximum Gasteiger partial charge on any atom is 0.231 e. The van der Waals surface area contributed by atoms with Gasteiger partial charge in [-0.05, 0) is 121 Å². The van der Waals surface area contributed by atoms with Crippen LogP contribution in [0.15, 0.2) is 102 Å². The quantitative estimate of drug-likeness (QED) is 0.217. The zero-order valence-corrected chi connectivity index (χ0v) is 26.6. The van der Waals surface area contributed by atoms with E-state index in [1.165, 1.54) is 38.9 Å². The Kier molecular flexibility index (Phi) is 7.01. The Morgan fingerprint density at radius 1 is 0.644 bits per heavy atom. The molecule has 0 saturated carbocycles. The molecular weight excluding hydrogens is 552 g/mol. The Morgan fingerprint density at radius 2 is 1.36 bits per heavy atom. The fraction of sp³-hybridized carbons (Fsp3) is 0.171. The van der Waals surface area contributed by atoms with Crippen LogP contribution in [-0.4, -0.2) is 15.1 Å². The number of rotatable bonds is 5. The lowest BCUT2D eigenvalue weighted by atomic mass is 9.87. The zero-order valence-electron chi connectivity index (χ0n) is 26.6. The summed E-state index contributed by atoms with van der Waals surface area (Å²) in [6.07, 6.45) is 1.91. The standard InChI is InChI=1S/C41H36N2O2/c1-23(2)28-18-29(32-11-9-13-37-40(32)43-41(45-37)33-10-7-8-12-36(33)44)20-30(19-28)35-22-31(21-34-25(4)14-15-42-39(34)35)38-26(5)16-24(3)17-27(38)6/h7-23,44H,1-6H3. The SMILES string of the molecule is Cc1cc(C)c(-c2cc(-c3cc(-c4cccc5oc(-c6ccccc6O)nc45)cc(C(C)C)c3)c3nccc(C)c3c2)c(C)c1. The fourth-order valence-corrected chi connectivity index (χ4v) is 6.63. The lowest BCUT2D eigenvalue weighted by molar-refractivity contribution is 0.474. The minimum Gasteiger partial charge on any atom is -0.507 e. The number of aromatic nitrogens is 2. The van der Waals surface area contributed by atoms with E-state index in [1.807, 2.05) is 30.5 Å². The number of oxazole rings is 1. The molecule has 7 aromatic rings. The van der Waals surface area contributed by atoms with Gasteiger partial charge in [-0.2, -0.15) is 0 Å². The van der Waals surface area contributed by atoms with E-state index in [2.05, 4.69) is 96.1 Å². The van der Waals surface area contributed by atoms with Crippen molar-refractivity contribution in [2.45, 2.75) is 47.5 Å². The first-order chi connectivity index (χ1) is 21.7. The Hall–Kier alpha value is -5.22. The molecule has 0 aliphatic rings. The summed E-state index contributed by atoms with van der Waals surface area (Å²) >= 11 is 0. The third kappa shape index (κ3) is 5.06. The number of phenols is 1. The van der Waals surface area contributed by atoms with Crippen LogP contribution < -0.4 is 0 Å². The second kappa shape index (κ2) is 11.0. The molecule has 0 aliphatic carbocycles. The molecule has 0 amide bonds. The normalized spacial score (nSPS) is 11.6. The van der Waals surface area contributed by atoms with Crippen LogP contribution in [0.5, 0.6) is 5.75 Å². The number of phenolic OH excluding ortho intramolecular Hbond substituents is 1. The predicted octanol–water partition coefficient (Wildman–Crippen LogP) is 11.1. The van der Waals surface area contributed by atoms with Crippen LogP contribution >= 0.6 is 0 Å². The van der Waals surface area contributed by atoms with E-state index < -0.39 is 0 Å². The van der Waals surface area contributed by atoms with Gasteiger partial charge in [-0.25, -0.2) is 4.98 Å². The summed E-state index contributed by atoms with van der Waals surface area (Å²) in [6.45, 7) is 13.2. The van der Waals surface area contributed by atoms with Crippen molar-refractivity contribution in [1.82, 2.24) is 9.97 Å². The Balaban J connectivity index is 1.48. The second-order valence-corrected chi connectivity index (χ2v) is 12.5. The first kappa shape index (κ1) is 28.5. The zero-order chi connectivity index (χ0) is 31.4. The van der Waals surface area contributed by atoms with Crippen molar-refractivity contribution in [3.8, 4) is 50.6 Å². The van der Waals surface area contributed by atoms with Gasteiger partial charge in [-0.15, -0.1) is 0 Å². The first-order valence-corrected chi connectivity index (χ1v) is 15.5. The van der Waals surface area contributed by atoms with Crippen LogP contribution in [0.25, 0.3) is 66.8 Å². The molecule has 0 bridgehead atoms. The van der Waals surface area contributed by atoms with Gasteiger partial charge in [-0.3, -0.25) is 4.98 Å². The highest BCUT2D eigenvalue weighted by Crippen LogP contribution is 2.41. The van der Waals surface area contributed by atoms with Crippen LogP contribution in [0.2, 0.25) is 0 Å². The van der Waals surface area contributed by atoms with E-state index in [9.17, 15) is 5.11 Å². The smallest absolute Gasteiger partial charge is 0.231 e. The lowest BCUT2D eigenvalue weighted by Crippen LogP contribution is -1.96. The molecule has 4 heteroatoms. The number of para-hydroxylation sites is 2. The van der Waals surface area contributed by atoms with Gasteiger partial charge in [0.25, 0.3) is 0 Å². The van der Waals surface area contributed by atoms with E-state index in [1.54, 1.807) is 12.1 Å². The van der Waals surface area contributed by atoms with Crippen molar-refractivity contribution in [2.75, 3.05) is 0 Å². The minimum absolute atomic E-state index is 0.142. The highest BCUT2D eigenvalue weighted by molar-refractivity contribution is 6.01. The van der Waals surface area contributed by atoms with Crippen molar-refractivity contribution in [2.24, 2.45) is 0 Å². The Labute approximate surface area is 264 Å². The summed E-state index contributed by atoms with van der Waals surface area (Å²) < 4.78 is 6.17. The number of nitrogens with zero attached hydrogens (tertiary/aromatic N) is 2. The monoisotopic (exact) mass is 588 g/mol. The molecule has 0 radical (unpaired) electrons. The summed E-state index contributed by atoms with van der Waals surface area (Å²) in [5.74, 6) is 0.851. The average Bonchev–Trinajstić information content (AvgIpc) is 3.45. The van der Waals surface area contributed by atoms with E-state index in [0.717, 1.165) is 38.7 Å². The van der Waals surface area contributed by atoms with Gasteiger partial charge in [0.05, 0.1) is 11.1 Å². The van der Waals surface area contributed by atoms with Crippen molar-refractivity contribution >= 4 is 22.0 Å². The van der Waals surface area contributed by atoms with E-state index in [4.69, 9.17) is 14.4 Å². The third-order valence-corrected chi connectivity index (χ3v) is 8.83. The predicted molar refractivity (Wildman–Crippen MR) is 186 cm³/mol. The molecule has 7 rings (SSSR count). The lowest BCUT2D eigenvalue weighted by Gasteiger charge is -2.18. The number of fused-ring (bicyclic) bond motifs is 2. The van der Waals surface area contributed by atoms with E-state index in [-0.39, 0.29) is 5.75 Å². The summed E-state index contributed by atoms with van der Waals surface area (Å²) in [6, 6.07) is 31.2. The summed E-state index contributed by atoms with van der Waals surface area (Å²) in [7, 11) is 0. The Morgan fingerprint density at radius 3 is 2.09 bits per heavy atom. The van der Waals surface area contributed by atoms with Gasteiger partial charge in [0, 0.05) is 22.7 Å². The molecule has 222 valence electrons. The van der Waals surface area contributed by atoms with Gasteiger partial charge < -0.3 is 9.52 Å². The maximum atomic E-state index is 10.5. The molecule has 45 heavy (non-hydrogen) atoms. The molecule has 0 saturated heterocycles. The van der Waals surface area contributed by atoms with Crippen LogP contribution in [0.3, 0.4) is 0 Å². The molecule has 4 nitrogen and oxygen atoms in total. The largest absolute Gasteiger partial charge is 0.507 e. The number of aromatic hydroxyl groups is 1. The molecule has 0 spiro atoms. The van der Waals surface area contributed by atoms with Crippen LogP contribution in [-0.2, 0) is 0 Å². The van der Waals surface area contributed by atoms with E-state index in [0.29, 0.717) is 23.0 Å². The minimum atomic E-state index is 0.142. The van der Waals surface area contributed by atoms with Crippen LogP contribution in [0.4, 0.5) is 0 Å². The molecular formula is C41H36N2O2. The van der Waals surface area contributed by atoms with Gasteiger partial charge in [0.2, 0.25) is 5.89 Å². The van der Waals surface area contributed by atoms with Gasteiger partial charge in [0.1, 0.15) is 11.3 Å². The van der Waals surface area contributed by atoms with Gasteiger partial charge in [-0.1, -0.05) is 67.9 Å². The summed E-state index contributed by atoms with van der Waals surface area (Å²) in [5.41, 5.74) is 16.0. The maximum absolute atomic E-state index is 10.5. The van der Waals surface area contributed by atoms with Gasteiger partial charge in [0.15, 0.2) is 5.58 Å². The fourth-order valence-electron chi connectivity index (χ4n) is 6.63. The molecule has 1 N–H and O–H groups in total. The number of hydrogen-bond donors (Lipinski definition) is 1. The third-order valence-electron chi connectivity index (χ3n) is 8.83. The molecule has 2 aromatic heterocycles. The summed E-state index contributed by atoms with van der Waals surface area (Å²) in [5, 5.41) is 11.6. The van der Waals surface area contributed by atoms with Crippen molar-refractivity contribution < 1.29 is 9.52 Å². The van der Waals surface area contributed by atoms with E-state index >= 15 is 0 Å². The number of hydrogen-bond acceptors (Lipinski definition) is 4. The molecule has 2 heterocycles.